The maximum absolute atomic E-state index is 13.2. The van der Waals surface area contributed by atoms with Crippen LogP contribution in [0.4, 0.5) is 18.3 Å². The molecule has 0 bridgehead atoms. The normalized spacial score (nSPS) is 12.0. The van der Waals surface area contributed by atoms with E-state index in [1.165, 1.54) is 6.20 Å². The number of hydrogen-bond acceptors (Lipinski definition) is 5. The molecule has 2 aromatic rings. The molecular formula is C13H12F3N3O2S. The van der Waals surface area contributed by atoms with Gasteiger partial charge < -0.3 is 15.7 Å². The fraction of sp³-hybridized carbons (Fsp3) is 0.231. The number of carbonyl (C=O) groups excluding carboxylic acids is 1. The highest BCUT2D eigenvalue weighted by molar-refractivity contribution is 7.17. The molecule has 1 unspecified atom stereocenters. The van der Waals surface area contributed by atoms with Crippen molar-refractivity contribution in [3.63, 3.8) is 0 Å². The van der Waals surface area contributed by atoms with Gasteiger partial charge in [0.1, 0.15) is 4.88 Å². The lowest BCUT2D eigenvalue weighted by molar-refractivity contribution is 0.0919. The topological polar surface area (TPSA) is 74.2 Å². The van der Waals surface area contributed by atoms with E-state index in [2.05, 4.69) is 15.6 Å². The Labute approximate surface area is 127 Å². The molecule has 1 aromatic carbocycles. The van der Waals surface area contributed by atoms with Gasteiger partial charge >= 0.3 is 0 Å². The summed E-state index contributed by atoms with van der Waals surface area (Å²) >= 11 is 1.07. The maximum atomic E-state index is 13.2. The van der Waals surface area contributed by atoms with Crippen LogP contribution in [0.1, 0.15) is 21.3 Å². The number of thiazole rings is 1. The van der Waals surface area contributed by atoms with Crippen molar-refractivity contribution in [3.05, 3.63) is 46.2 Å². The van der Waals surface area contributed by atoms with E-state index in [4.69, 9.17) is 0 Å². The Kier molecular flexibility index (Phi) is 4.99. The summed E-state index contributed by atoms with van der Waals surface area (Å²) in [5.74, 6) is -4.95. The van der Waals surface area contributed by atoms with Gasteiger partial charge in [-0.25, -0.2) is 18.2 Å². The predicted molar refractivity (Wildman–Crippen MR) is 75.3 cm³/mol. The minimum Gasteiger partial charge on any atom is -0.394 e. The Morgan fingerprint density at radius 1 is 1.36 bits per heavy atom. The summed E-state index contributed by atoms with van der Waals surface area (Å²) in [5.41, 5.74) is -0.0781. The number of aliphatic hydroxyl groups excluding tert-OH is 1. The number of aromatic nitrogens is 1. The SMILES string of the molecule is CNc1ncc(C(=O)NC(CO)c2cc(F)c(F)c(F)c2)s1. The van der Waals surface area contributed by atoms with Gasteiger partial charge in [-0.15, -0.1) is 0 Å². The highest BCUT2D eigenvalue weighted by Gasteiger charge is 2.20. The second-order valence-corrected chi connectivity index (χ2v) is 5.32. The van der Waals surface area contributed by atoms with Crippen molar-refractivity contribution in [2.24, 2.45) is 0 Å². The number of halogens is 3. The van der Waals surface area contributed by atoms with Gasteiger partial charge in [-0.05, 0) is 17.7 Å². The monoisotopic (exact) mass is 331 g/mol. The molecule has 1 amide bonds. The average Bonchev–Trinajstić information content (AvgIpc) is 2.98. The molecule has 0 aliphatic carbocycles. The molecule has 0 aliphatic heterocycles. The van der Waals surface area contributed by atoms with Crippen molar-refractivity contribution in [1.82, 2.24) is 10.3 Å². The lowest BCUT2D eigenvalue weighted by Gasteiger charge is -2.16. The van der Waals surface area contributed by atoms with Crippen LogP contribution >= 0.6 is 11.3 Å². The molecular weight excluding hydrogens is 319 g/mol. The Bertz CT molecular complexity index is 670. The molecule has 0 saturated heterocycles. The fourth-order valence-electron chi connectivity index (χ4n) is 1.73. The third-order valence-corrected chi connectivity index (χ3v) is 3.85. The summed E-state index contributed by atoms with van der Waals surface area (Å²) in [6.45, 7) is -0.603. The zero-order valence-electron chi connectivity index (χ0n) is 11.4. The second kappa shape index (κ2) is 6.75. The minimum absolute atomic E-state index is 0.0781. The van der Waals surface area contributed by atoms with E-state index < -0.39 is 36.0 Å². The third kappa shape index (κ3) is 3.37. The minimum atomic E-state index is -1.60. The molecule has 22 heavy (non-hydrogen) atoms. The zero-order valence-corrected chi connectivity index (χ0v) is 12.2. The van der Waals surface area contributed by atoms with Crippen molar-refractivity contribution in [2.45, 2.75) is 6.04 Å². The van der Waals surface area contributed by atoms with Crippen LogP contribution < -0.4 is 10.6 Å². The van der Waals surface area contributed by atoms with Crippen LogP contribution in [0.25, 0.3) is 0 Å². The quantitative estimate of drug-likeness (QED) is 0.733. The van der Waals surface area contributed by atoms with Gasteiger partial charge in [-0.2, -0.15) is 0 Å². The Morgan fingerprint density at radius 2 is 2.00 bits per heavy atom. The van der Waals surface area contributed by atoms with Crippen molar-refractivity contribution in [2.75, 3.05) is 19.0 Å². The highest BCUT2D eigenvalue weighted by atomic mass is 32.1. The summed E-state index contributed by atoms with van der Waals surface area (Å²) in [6, 6.07) is 0.383. The number of rotatable bonds is 5. The number of anilines is 1. The van der Waals surface area contributed by atoms with E-state index in [9.17, 15) is 23.1 Å². The van der Waals surface area contributed by atoms with E-state index in [1.54, 1.807) is 7.05 Å². The van der Waals surface area contributed by atoms with Gasteiger partial charge in [0.25, 0.3) is 5.91 Å². The Balaban J connectivity index is 2.20. The summed E-state index contributed by atoms with van der Waals surface area (Å²) in [4.78, 5) is 16.2. The van der Waals surface area contributed by atoms with Crippen LogP contribution in [0.2, 0.25) is 0 Å². The Hall–Kier alpha value is -2.13. The standard InChI is InChI=1S/C13H12F3N3O2S/c1-17-13-18-4-10(22-13)12(21)19-9(5-20)6-2-7(14)11(16)8(15)3-6/h2-4,9,20H,5H2,1H3,(H,17,18)(H,19,21). The first-order valence-corrected chi connectivity index (χ1v) is 6.97. The number of nitrogens with one attached hydrogen (secondary N) is 2. The number of benzene rings is 1. The first kappa shape index (κ1) is 16.2. The fourth-order valence-corrected chi connectivity index (χ4v) is 2.41. The van der Waals surface area contributed by atoms with Crippen LogP contribution in [-0.4, -0.2) is 29.7 Å². The first-order valence-electron chi connectivity index (χ1n) is 6.16. The average molecular weight is 331 g/mol. The van der Waals surface area contributed by atoms with Crippen LogP contribution in [0.5, 0.6) is 0 Å². The van der Waals surface area contributed by atoms with Gasteiger partial charge in [-0.3, -0.25) is 4.79 Å². The molecule has 1 heterocycles. The van der Waals surface area contributed by atoms with E-state index in [0.717, 1.165) is 23.5 Å². The number of hydrogen-bond donors (Lipinski definition) is 3. The number of amides is 1. The second-order valence-electron chi connectivity index (χ2n) is 4.29. The van der Waals surface area contributed by atoms with E-state index in [0.29, 0.717) is 5.13 Å². The summed E-state index contributed by atoms with van der Waals surface area (Å²) in [6.07, 6.45) is 1.33. The zero-order chi connectivity index (χ0) is 16.3. The molecule has 0 fully saturated rings. The number of nitrogens with zero attached hydrogens (tertiary/aromatic N) is 1. The van der Waals surface area contributed by atoms with E-state index >= 15 is 0 Å². The smallest absolute Gasteiger partial charge is 0.263 e. The summed E-state index contributed by atoms with van der Waals surface area (Å²) in [5, 5.41) is 15.0. The van der Waals surface area contributed by atoms with Crippen molar-refractivity contribution in [3.8, 4) is 0 Å². The summed E-state index contributed by atoms with van der Waals surface area (Å²) in [7, 11) is 1.64. The molecule has 0 aliphatic rings. The highest BCUT2D eigenvalue weighted by Crippen LogP contribution is 2.21. The summed E-state index contributed by atoms with van der Waals surface area (Å²) < 4.78 is 39.4. The number of carbonyl (C=O) groups is 1. The molecule has 1 aromatic heterocycles. The van der Waals surface area contributed by atoms with Crippen LogP contribution in [0, 0.1) is 17.5 Å². The number of aliphatic hydroxyl groups is 1. The van der Waals surface area contributed by atoms with Crippen LogP contribution in [-0.2, 0) is 0 Å². The molecule has 5 nitrogen and oxygen atoms in total. The van der Waals surface area contributed by atoms with E-state index in [-0.39, 0.29) is 10.4 Å². The molecule has 0 radical (unpaired) electrons. The molecule has 1 atom stereocenters. The Morgan fingerprint density at radius 3 is 2.50 bits per heavy atom. The van der Waals surface area contributed by atoms with E-state index in [1.807, 2.05) is 0 Å². The van der Waals surface area contributed by atoms with Crippen molar-refractivity contribution in [1.29, 1.82) is 0 Å². The van der Waals surface area contributed by atoms with Gasteiger partial charge in [-0.1, -0.05) is 11.3 Å². The van der Waals surface area contributed by atoms with Gasteiger partial charge in [0.05, 0.1) is 18.8 Å². The van der Waals surface area contributed by atoms with Crippen molar-refractivity contribution >= 4 is 22.4 Å². The largest absolute Gasteiger partial charge is 0.394 e. The maximum Gasteiger partial charge on any atom is 0.263 e. The molecule has 118 valence electrons. The lowest BCUT2D eigenvalue weighted by Crippen LogP contribution is -2.30. The van der Waals surface area contributed by atoms with Crippen LogP contribution in [0.3, 0.4) is 0 Å². The molecule has 9 heteroatoms. The van der Waals surface area contributed by atoms with Gasteiger partial charge in [0.15, 0.2) is 22.6 Å². The lowest BCUT2D eigenvalue weighted by atomic mass is 10.1. The molecule has 0 saturated carbocycles. The van der Waals surface area contributed by atoms with Gasteiger partial charge in [0.2, 0.25) is 0 Å². The van der Waals surface area contributed by atoms with Crippen LogP contribution in [0.15, 0.2) is 18.3 Å². The van der Waals surface area contributed by atoms with Crippen molar-refractivity contribution < 1.29 is 23.1 Å². The molecule has 0 spiro atoms. The third-order valence-electron chi connectivity index (χ3n) is 2.84. The molecule has 2 rings (SSSR count). The van der Waals surface area contributed by atoms with Gasteiger partial charge in [0, 0.05) is 7.05 Å². The molecule has 3 N–H and O–H groups in total. The first-order chi connectivity index (χ1) is 10.5. The predicted octanol–water partition coefficient (Wildman–Crippen LogP) is 2.07.